The number of rotatable bonds is 6. The molecule has 1 N–H and O–H groups in total. The summed E-state index contributed by atoms with van der Waals surface area (Å²) in [5, 5.41) is 2.75. The van der Waals surface area contributed by atoms with Crippen LogP contribution >= 0.6 is 0 Å². The zero-order valence-electron chi connectivity index (χ0n) is 17.8. The van der Waals surface area contributed by atoms with Gasteiger partial charge in [-0.15, -0.1) is 0 Å². The van der Waals surface area contributed by atoms with Gasteiger partial charge in [0.15, 0.2) is 0 Å². The zero-order chi connectivity index (χ0) is 22.6. The normalized spacial score (nSPS) is 17.8. The Morgan fingerprint density at radius 1 is 1.06 bits per heavy atom. The predicted octanol–water partition coefficient (Wildman–Crippen LogP) is 2.16. The van der Waals surface area contributed by atoms with Gasteiger partial charge in [0.05, 0.1) is 13.2 Å². The van der Waals surface area contributed by atoms with Crippen LogP contribution in [0.2, 0.25) is 0 Å². The maximum Gasteiger partial charge on any atom is 0.251 e. The second kappa shape index (κ2) is 9.93. The highest BCUT2D eigenvalue weighted by Gasteiger charge is 2.29. The Morgan fingerprint density at radius 2 is 1.81 bits per heavy atom. The Morgan fingerprint density at radius 3 is 2.50 bits per heavy atom. The number of hydrogen-bond donors (Lipinski definition) is 1. The number of pyridine rings is 1. The van der Waals surface area contributed by atoms with Crippen LogP contribution in [0.4, 0.5) is 10.2 Å². The molecule has 2 aliphatic heterocycles. The minimum atomic E-state index is -3.98. The first-order chi connectivity index (χ1) is 15.4. The molecule has 0 unspecified atom stereocenters. The van der Waals surface area contributed by atoms with E-state index >= 15 is 0 Å². The van der Waals surface area contributed by atoms with Crippen LogP contribution in [0, 0.1) is 5.82 Å². The summed E-state index contributed by atoms with van der Waals surface area (Å²) in [6.07, 6.45) is 4.15. The number of amides is 1. The Labute approximate surface area is 187 Å². The van der Waals surface area contributed by atoms with Crippen molar-refractivity contribution in [3.8, 4) is 0 Å². The fourth-order valence-corrected chi connectivity index (χ4v) is 5.48. The van der Waals surface area contributed by atoms with Crippen molar-refractivity contribution in [2.45, 2.75) is 30.7 Å². The summed E-state index contributed by atoms with van der Waals surface area (Å²) >= 11 is 0. The summed E-state index contributed by atoms with van der Waals surface area (Å²) in [5.74, 6) is -0.471. The summed E-state index contributed by atoms with van der Waals surface area (Å²) in [6.45, 7) is 3.88. The van der Waals surface area contributed by atoms with Gasteiger partial charge in [0.1, 0.15) is 16.5 Å². The average molecular weight is 463 g/mol. The van der Waals surface area contributed by atoms with Gasteiger partial charge in [0.25, 0.3) is 5.91 Å². The molecule has 2 aliphatic rings. The third-order valence-electron chi connectivity index (χ3n) is 5.72. The van der Waals surface area contributed by atoms with Crippen LogP contribution in [-0.4, -0.2) is 63.0 Å². The molecule has 0 saturated carbocycles. The monoisotopic (exact) mass is 462 g/mol. The highest BCUT2D eigenvalue weighted by Crippen LogP contribution is 2.24. The average Bonchev–Trinajstić information content (AvgIpc) is 2.84. The van der Waals surface area contributed by atoms with Crippen LogP contribution in [0.1, 0.15) is 35.2 Å². The van der Waals surface area contributed by atoms with Crippen LogP contribution in [0.5, 0.6) is 0 Å². The van der Waals surface area contributed by atoms with Gasteiger partial charge in [-0.25, -0.2) is 17.8 Å². The summed E-state index contributed by atoms with van der Waals surface area (Å²) in [7, 11) is -3.98. The Hall–Kier alpha value is -2.56. The summed E-state index contributed by atoms with van der Waals surface area (Å²) in [5.41, 5.74) is 0.901. The smallest absolute Gasteiger partial charge is 0.251 e. The molecule has 8 nitrogen and oxygen atoms in total. The topological polar surface area (TPSA) is 91.8 Å². The first kappa shape index (κ1) is 22.6. The van der Waals surface area contributed by atoms with Gasteiger partial charge in [0, 0.05) is 44.5 Å². The molecule has 2 saturated heterocycles. The van der Waals surface area contributed by atoms with Crippen LogP contribution < -0.4 is 10.2 Å². The number of aromatic nitrogens is 1. The molecule has 10 heteroatoms. The minimum absolute atomic E-state index is 0.0971. The first-order valence-electron chi connectivity index (χ1n) is 10.8. The lowest BCUT2D eigenvalue weighted by molar-refractivity contribution is 0.0950. The Bertz CT molecular complexity index is 1050. The Kier molecular flexibility index (Phi) is 7.02. The van der Waals surface area contributed by atoms with Crippen molar-refractivity contribution < 1.29 is 22.3 Å². The second-order valence-electron chi connectivity index (χ2n) is 7.92. The molecular weight excluding hydrogens is 435 g/mol. The number of nitrogens with one attached hydrogen (secondary N) is 1. The molecule has 1 aromatic heterocycles. The third-order valence-corrected chi connectivity index (χ3v) is 7.64. The summed E-state index contributed by atoms with van der Waals surface area (Å²) in [6, 6.07) is 7.22. The molecule has 2 aromatic rings. The van der Waals surface area contributed by atoms with Gasteiger partial charge >= 0.3 is 0 Å². The highest BCUT2D eigenvalue weighted by molar-refractivity contribution is 7.89. The van der Waals surface area contributed by atoms with Crippen molar-refractivity contribution in [3.63, 3.8) is 0 Å². The molecule has 32 heavy (non-hydrogen) atoms. The van der Waals surface area contributed by atoms with E-state index in [9.17, 15) is 17.6 Å². The predicted molar refractivity (Wildman–Crippen MR) is 117 cm³/mol. The number of carbonyl (C=O) groups is 1. The lowest BCUT2D eigenvalue weighted by Gasteiger charge is -2.27. The van der Waals surface area contributed by atoms with E-state index in [1.165, 1.54) is 10.4 Å². The molecule has 0 atom stereocenters. The van der Waals surface area contributed by atoms with E-state index in [1.807, 2.05) is 12.1 Å². The van der Waals surface area contributed by atoms with Crippen molar-refractivity contribution in [3.05, 3.63) is 53.5 Å². The van der Waals surface area contributed by atoms with Gasteiger partial charge in [-0.2, -0.15) is 4.31 Å². The molecular formula is C22H27FN4O4S. The summed E-state index contributed by atoms with van der Waals surface area (Å²) < 4.78 is 46.7. The van der Waals surface area contributed by atoms with E-state index in [-0.39, 0.29) is 12.1 Å². The van der Waals surface area contributed by atoms with Gasteiger partial charge < -0.3 is 15.0 Å². The summed E-state index contributed by atoms with van der Waals surface area (Å²) in [4.78, 5) is 18.7. The maximum absolute atomic E-state index is 14.4. The number of sulfonamides is 1. The number of morpholine rings is 1. The standard InChI is InChI=1S/C22H27FN4O4S/c23-19-6-5-18(14-20(19)32(29,30)27-8-2-1-3-9-27)22(28)25-16-17-4-7-21(24-15-17)26-10-12-31-13-11-26/h4-7,14-15H,1-3,8-13,16H2,(H,25,28). The SMILES string of the molecule is O=C(NCc1ccc(N2CCOCC2)nc1)c1ccc(F)c(S(=O)(=O)N2CCCCC2)c1. The first-order valence-corrected chi connectivity index (χ1v) is 12.2. The maximum atomic E-state index is 14.4. The lowest BCUT2D eigenvalue weighted by Crippen LogP contribution is -2.36. The van der Waals surface area contributed by atoms with E-state index in [4.69, 9.17) is 4.74 Å². The number of piperidine rings is 1. The van der Waals surface area contributed by atoms with Crippen LogP contribution in [0.25, 0.3) is 0 Å². The molecule has 172 valence electrons. The molecule has 3 heterocycles. The van der Waals surface area contributed by atoms with Gasteiger partial charge in [-0.1, -0.05) is 12.5 Å². The van der Waals surface area contributed by atoms with E-state index < -0.39 is 26.6 Å². The largest absolute Gasteiger partial charge is 0.378 e. The number of hydrogen-bond acceptors (Lipinski definition) is 6. The number of nitrogens with zero attached hydrogens (tertiary/aromatic N) is 3. The van der Waals surface area contributed by atoms with Crippen molar-refractivity contribution >= 4 is 21.7 Å². The van der Waals surface area contributed by atoms with E-state index in [1.54, 1.807) is 6.20 Å². The molecule has 0 bridgehead atoms. The number of carbonyl (C=O) groups excluding carboxylic acids is 1. The molecule has 1 amide bonds. The molecule has 1 aromatic carbocycles. The van der Waals surface area contributed by atoms with Crippen LogP contribution in [-0.2, 0) is 21.3 Å². The van der Waals surface area contributed by atoms with Crippen molar-refractivity contribution in [2.24, 2.45) is 0 Å². The molecule has 2 fully saturated rings. The second-order valence-corrected chi connectivity index (χ2v) is 9.82. The molecule has 0 aliphatic carbocycles. The van der Waals surface area contributed by atoms with Crippen LogP contribution in [0.3, 0.4) is 0 Å². The molecule has 0 radical (unpaired) electrons. The fourth-order valence-electron chi connectivity index (χ4n) is 3.87. The van der Waals surface area contributed by atoms with Gasteiger partial charge in [-0.3, -0.25) is 4.79 Å². The van der Waals surface area contributed by atoms with Gasteiger partial charge in [-0.05, 0) is 42.7 Å². The van der Waals surface area contributed by atoms with Crippen molar-refractivity contribution in [2.75, 3.05) is 44.3 Å². The molecule has 0 spiro atoms. The minimum Gasteiger partial charge on any atom is -0.378 e. The number of halogens is 1. The zero-order valence-corrected chi connectivity index (χ0v) is 18.6. The number of ether oxygens (including phenoxy) is 1. The van der Waals surface area contributed by atoms with Crippen LogP contribution in [0.15, 0.2) is 41.4 Å². The number of benzene rings is 1. The molecule has 4 rings (SSSR count). The van der Waals surface area contributed by atoms with E-state index in [2.05, 4.69) is 15.2 Å². The fraction of sp³-hybridized carbons (Fsp3) is 0.455. The van der Waals surface area contributed by atoms with Crippen molar-refractivity contribution in [1.82, 2.24) is 14.6 Å². The number of anilines is 1. The quantitative estimate of drug-likeness (QED) is 0.708. The van der Waals surface area contributed by atoms with E-state index in [0.717, 1.165) is 55.9 Å². The van der Waals surface area contributed by atoms with E-state index in [0.29, 0.717) is 26.3 Å². The highest BCUT2D eigenvalue weighted by atomic mass is 32.2. The lowest BCUT2D eigenvalue weighted by atomic mass is 10.2. The van der Waals surface area contributed by atoms with Crippen molar-refractivity contribution in [1.29, 1.82) is 0 Å². The third kappa shape index (κ3) is 5.08. The Balaban J connectivity index is 1.42. The van der Waals surface area contributed by atoms with Gasteiger partial charge in [0.2, 0.25) is 10.0 Å².